The molecule has 1 aromatic heterocycles. The summed E-state index contributed by atoms with van der Waals surface area (Å²) in [4.78, 5) is 37.9. The zero-order valence-electron chi connectivity index (χ0n) is 21.4. The number of hydrogen-bond acceptors (Lipinski definition) is 6. The number of benzene rings is 4. The smallest absolute Gasteiger partial charge is 0.349 e. The van der Waals surface area contributed by atoms with Crippen molar-refractivity contribution in [1.82, 2.24) is 5.32 Å². The van der Waals surface area contributed by atoms with E-state index in [9.17, 15) is 14.4 Å². The number of hydrogen-bond donors (Lipinski definition) is 3. The zero-order valence-corrected chi connectivity index (χ0v) is 23.0. The zero-order chi connectivity index (χ0) is 28.9. The molecule has 0 fully saturated rings. The van der Waals surface area contributed by atoms with E-state index in [4.69, 9.17) is 38.1 Å². The number of nitrogen functional groups attached to an aromatic ring is 1. The first kappa shape index (κ1) is 27.8. The predicted octanol–water partition coefficient (Wildman–Crippen LogP) is 6.44. The van der Waals surface area contributed by atoms with Gasteiger partial charge in [-0.25, -0.2) is 4.79 Å². The van der Waals surface area contributed by atoms with Crippen LogP contribution in [0.1, 0.15) is 31.8 Å². The lowest BCUT2D eigenvalue weighted by molar-refractivity contribution is 0.0946. The Morgan fingerprint density at radius 3 is 2.34 bits per heavy atom. The quantitative estimate of drug-likeness (QED) is 0.142. The summed E-state index contributed by atoms with van der Waals surface area (Å²) >= 11 is 12.0. The molecule has 0 aliphatic rings. The molecule has 0 saturated heterocycles. The Morgan fingerprint density at radius 2 is 1.59 bits per heavy atom. The number of carbonyl (C=O) groups is 2. The summed E-state index contributed by atoms with van der Waals surface area (Å²) in [5.41, 5.74) is 8.24. The molecule has 4 aromatic carbocycles. The Kier molecular flexibility index (Phi) is 8.24. The molecule has 4 N–H and O–H groups in total. The van der Waals surface area contributed by atoms with E-state index in [2.05, 4.69) is 10.6 Å². The summed E-state index contributed by atoms with van der Waals surface area (Å²) in [5.74, 6) is -0.412. The summed E-state index contributed by atoms with van der Waals surface area (Å²) in [6.45, 7) is 0.381. The van der Waals surface area contributed by atoms with E-state index < -0.39 is 11.5 Å². The summed E-state index contributed by atoms with van der Waals surface area (Å²) in [7, 11) is 0. The van der Waals surface area contributed by atoms with Gasteiger partial charge in [-0.1, -0.05) is 53.5 Å². The summed E-state index contributed by atoms with van der Waals surface area (Å²) < 4.78 is 11.2. The van der Waals surface area contributed by atoms with Crippen LogP contribution in [0.3, 0.4) is 0 Å². The maximum atomic E-state index is 12.8. The average molecular weight is 588 g/mol. The minimum atomic E-state index is -0.774. The molecule has 0 spiro atoms. The van der Waals surface area contributed by atoms with Gasteiger partial charge in [-0.3, -0.25) is 9.59 Å². The van der Waals surface area contributed by atoms with Gasteiger partial charge in [0.15, 0.2) is 0 Å². The number of fused-ring (bicyclic) bond motifs is 1. The lowest BCUT2D eigenvalue weighted by Crippen LogP contribution is -2.27. The highest BCUT2D eigenvalue weighted by Crippen LogP contribution is 2.25. The Morgan fingerprint density at radius 1 is 0.829 bits per heavy atom. The van der Waals surface area contributed by atoms with Gasteiger partial charge < -0.3 is 25.5 Å². The fourth-order valence-electron chi connectivity index (χ4n) is 3.99. The molecule has 0 saturated carbocycles. The van der Waals surface area contributed by atoms with Gasteiger partial charge >= 0.3 is 5.63 Å². The number of halogens is 2. The van der Waals surface area contributed by atoms with Crippen LogP contribution in [0, 0.1) is 0 Å². The van der Waals surface area contributed by atoms with Gasteiger partial charge in [-0.05, 0) is 65.7 Å². The van der Waals surface area contributed by atoms with Crippen LogP contribution in [0.5, 0.6) is 5.75 Å². The molecule has 206 valence electrons. The third kappa shape index (κ3) is 6.69. The lowest BCUT2D eigenvalue weighted by Gasteiger charge is -2.09. The van der Waals surface area contributed by atoms with Crippen molar-refractivity contribution in [3.8, 4) is 5.75 Å². The Hall–Kier alpha value is -4.79. The van der Waals surface area contributed by atoms with Gasteiger partial charge in [-0.2, -0.15) is 0 Å². The maximum Gasteiger partial charge on any atom is 0.349 e. The molecule has 0 aliphatic heterocycles. The van der Waals surface area contributed by atoms with E-state index >= 15 is 0 Å². The Balaban J connectivity index is 1.20. The molecule has 2 amide bonds. The van der Waals surface area contributed by atoms with Gasteiger partial charge in [0.05, 0.1) is 21.4 Å². The molecule has 0 radical (unpaired) electrons. The number of rotatable bonds is 8. The Bertz CT molecular complexity index is 1820. The van der Waals surface area contributed by atoms with Crippen LogP contribution >= 0.6 is 23.2 Å². The first-order valence-corrected chi connectivity index (χ1v) is 13.2. The molecule has 5 aromatic rings. The van der Waals surface area contributed by atoms with Crippen LogP contribution < -0.4 is 26.7 Å². The van der Waals surface area contributed by atoms with Crippen molar-refractivity contribution in [2.45, 2.75) is 13.2 Å². The third-order valence-corrected chi connectivity index (χ3v) is 6.96. The van der Waals surface area contributed by atoms with Crippen LogP contribution in [0.4, 0.5) is 11.4 Å². The van der Waals surface area contributed by atoms with Crippen molar-refractivity contribution in [3.63, 3.8) is 0 Å². The van der Waals surface area contributed by atoms with E-state index in [1.165, 1.54) is 6.07 Å². The minimum absolute atomic E-state index is 0.126. The highest BCUT2D eigenvalue weighted by Gasteiger charge is 2.15. The molecule has 8 nitrogen and oxygen atoms in total. The van der Waals surface area contributed by atoms with Gasteiger partial charge in [0.1, 0.15) is 23.5 Å². The number of carbonyl (C=O) groups excluding carboxylic acids is 2. The second-order valence-corrected chi connectivity index (χ2v) is 9.92. The van der Waals surface area contributed by atoms with Crippen LogP contribution in [-0.2, 0) is 13.2 Å². The molecule has 0 bridgehead atoms. The molecule has 1 heterocycles. The van der Waals surface area contributed by atoms with Gasteiger partial charge in [0.2, 0.25) is 0 Å². The topological polar surface area (TPSA) is 124 Å². The number of nitrogens with two attached hydrogens (primary N) is 1. The highest BCUT2D eigenvalue weighted by molar-refractivity contribution is 6.42. The first-order valence-electron chi connectivity index (χ1n) is 12.4. The van der Waals surface area contributed by atoms with Gasteiger partial charge in [-0.15, -0.1) is 0 Å². The van der Waals surface area contributed by atoms with E-state index in [0.29, 0.717) is 38.1 Å². The third-order valence-electron chi connectivity index (χ3n) is 6.22. The summed E-state index contributed by atoms with van der Waals surface area (Å²) in [6, 6.07) is 25.4. The highest BCUT2D eigenvalue weighted by atomic mass is 35.5. The fraction of sp³-hybridized carbons (Fsp3) is 0.0645. The number of ether oxygens (including phenoxy) is 1. The molecule has 10 heteroatoms. The monoisotopic (exact) mass is 587 g/mol. The van der Waals surface area contributed by atoms with Crippen LogP contribution in [-0.4, -0.2) is 11.8 Å². The van der Waals surface area contributed by atoms with E-state index in [-0.39, 0.29) is 30.2 Å². The van der Waals surface area contributed by atoms with Crippen molar-refractivity contribution in [2.75, 3.05) is 11.1 Å². The Labute approximate surface area is 244 Å². The lowest BCUT2D eigenvalue weighted by atomic mass is 10.1. The standard InChI is InChI=1S/C31H23Cl2N3O5/c32-24-12-7-19(13-25(24)33)17-40-22-11-10-21-14-23(31(39)41-28(21)15-22)30(38)35-16-18-5-8-20(9-6-18)29(37)36-27-4-2-1-3-26(27)34/h1-15H,16-17,34H2,(H,35,38)(H,36,37). The van der Waals surface area contributed by atoms with E-state index in [1.54, 1.807) is 84.9 Å². The van der Waals surface area contributed by atoms with E-state index in [1.807, 2.05) is 0 Å². The second-order valence-electron chi connectivity index (χ2n) is 9.11. The van der Waals surface area contributed by atoms with Crippen molar-refractivity contribution < 1.29 is 18.7 Å². The minimum Gasteiger partial charge on any atom is -0.489 e. The molecule has 5 rings (SSSR count). The normalized spacial score (nSPS) is 10.8. The fourth-order valence-corrected chi connectivity index (χ4v) is 4.31. The summed E-state index contributed by atoms with van der Waals surface area (Å²) in [6.07, 6.45) is 0. The molecular formula is C31H23Cl2N3O5. The number of anilines is 2. The van der Waals surface area contributed by atoms with Crippen molar-refractivity contribution >= 4 is 57.4 Å². The van der Waals surface area contributed by atoms with Crippen LogP contribution in [0.2, 0.25) is 10.0 Å². The van der Waals surface area contributed by atoms with Gasteiger partial charge in [0.25, 0.3) is 11.8 Å². The molecule has 0 aliphatic carbocycles. The number of amides is 2. The second kappa shape index (κ2) is 12.2. The molecule has 41 heavy (non-hydrogen) atoms. The largest absolute Gasteiger partial charge is 0.489 e. The number of para-hydroxylation sites is 2. The van der Waals surface area contributed by atoms with Crippen molar-refractivity contribution in [2.24, 2.45) is 0 Å². The van der Waals surface area contributed by atoms with Crippen molar-refractivity contribution in [1.29, 1.82) is 0 Å². The van der Waals surface area contributed by atoms with Crippen LogP contribution in [0.25, 0.3) is 11.0 Å². The van der Waals surface area contributed by atoms with Gasteiger partial charge in [0, 0.05) is 23.6 Å². The first-order chi connectivity index (χ1) is 19.8. The maximum absolute atomic E-state index is 12.8. The average Bonchev–Trinajstić information content (AvgIpc) is 2.97. The predicted molar refractivity (Wildman–Crippen MR) is 160 cm³/mol. The summed E-state index contributed by atoms with van der Waals surface area (Å²) in [5, 5.41) is 6.92. The number of nitrogens with one attached hydrogen (secondary N) is 2. The molecule has 0 unspecified atom stereocenters. The molecular weight excluding hydrogens is 565 g/mol. The SMILES string of the molecule is Nc1ccccc1NC(=O)c1ccc(CNC(=O)c2cc3ccc(OCc4ccc(Cl)c(Cl)c4)cc3oc2=O)cc1. The molecule has 0 atom stereocenters. The van der Waals surface area contributed by atoms with E-state index in [0.717, 1.165) is 11.1 Å². The van der Waals surface area contributed by atoms with Crippen molar-refractivity contribution in [3.05, 3.63) is 134 Å². The van der Waals surface area contributed by atoms with Crippen LogP contribution in [0.15, 0.2) is 100 Å².